The summed E-state index contributed by atoms with van der Waals surface area (Å²) in [4.78, 5) is 0. The van der Waals surface area contributed by atoms with Crippen molar-refractivity contribution in [1.82, 2.24) is 0 Å². The van der Waals surface area contributed by atoms with E-state index in [1.165, 1.54) is 0 Å². The fourth-order valence-corrected chi connectivity index (χ4v) is 1.28. The molecular weight excluding hydrogens is 272 g/mol. The van der Waals surface area contributed by atoms with Crippen LogP contribution < -0.4 is 0 Å². The Morgan fingerprint density at radius 2 is 1.73 bits per heavy atom. The smallest absolute Gasteiger partial charge is 0.203 e. The largest absolute Gasteiger partial charge is 0.353 e. The first kappa shape index (κ1) is 9.23. The van der Waals surface area contributed by atoms with Crippen LogP contribution in [0.25, 0.3) is 0 Å². The van der Waals surface area contributed by atoms with Crippen LogP contribution in [0.2, 0.25) is 0 Å². The van der Waals surface area contributed by atoms with Crippen molar-refractivity contribution in [2.24, 2.45) is 0 Å². The third kappa shape index (κ3) is 2.29. The Morgan fingerprint density at radius 1 is 1.18 bits per heavy atom. The molecule has 0 aromatic heterocycles. The second-order valence-electron chi connectivity index (χ2n) is 2.09. The van der Waals surface area contributed by atoms with Gasteiger partial charge in [0.05, 0.1) is 0 Å². The molecule has 1 rings (SSSR count). The lowest BCUT2D eigenvalue weighted by atomic mass is 10.2. The summed E-state index contributed by atoms with van der Waals surface area (Å²) in [5, 5.41) is 0. The average Bonchev–Trinajstić information content (AvgIpc) is 2.06. The van der Waals surface area contributed by atoms with Crippen LogP contribution in [0, 0.1) is 0 Å². The third-order valence-electron chi connectivity index (χ3n) is 1.37. The second-order valence-corrected chi connectivity index (χ2v) is 5.38. The van der Waals surface area contributed by atoms with Crippen LogP contribution in [0.5, 0.6) is 0 Å². The Hall–Kier alpha value is 0.140. The zero-order chi connectivity index (χ0) is 8.32. The Morgan fingerprint density at radius 3 is 2.18 bits per heavy atom. The van der Waals surface area contributed by atoms with Gasteiger partial charge >= 0.3 is 0 Å². The lowest BCUT2D eigenvalue weighted by Gasteiger charge is -2.18. The predicted molar refractivity (Wildman–Crippen MR) is 53.0 cm³/mol. The quantitative estimate of drug-likeness (QED) is 0.756. The van der Waals surface area contributed by atoms with E-state index in [9.17, 15) is 0 Å². The minimum atomic E-state index is -0.540. The molecule has 1 nitrogen and oxygen atoms in total. The van der Waals surface area contributed by atoms with Crippen LogP contribution in [0.15, 0.2) is 30.3 Å². The molecule has 3 heteroatoms. The summed E-state index contributed by atoms with van der Waals surface area (Å²) in [6, 6.07) is 9.85. The van der Waals surface area contributed by atoms with Gasteiger partial charge in [-0.15, -0.1) is 0 Å². The maximum absolute atomic E-state index is 5.16. The molecule has 0 heterocycles. The van der Waals surface area contributed by atoms with E-state index in [0.717, 1.165) is 5.56 Å². The van der Waals surface area contributed by atoms with Gasteiger partial charge in [-0.3, -0.25) is 0 Å². The zero-order valence-electron chi connectivity index (χ0n) is 6.05. The first-order chi connectivity index (χ1) is 5.17. The number of methoxy groups -OCH3 is 1. The van der Waals surface area contributed by atoms with E-state index in [-0.39, 0.29) is 0 Å². The Labute approximate surface area is 83.0 Å². The van der Waals surface area contributed by atoms with Crippen molar-refractivity contribution in [2.45, 2.75) is 3.42 Å². The molecule has 11 heavy (non-hydrogen) atoms. The van der Waals surface area contributed by atoms with Crippen molar-refractivity contribution in [3.8, 4) is 0 Å². The van der Waals surface area contributed by atoms with E-state index in [4.69, 9.17) is 4.74 Å². The highest BCUT2D eigenvalue weighted by molar-refractivity contribution is 9.24. The number of hydrogen-bond acceptors (Lipinski definition) is 1. The fraction of sp³-hybridized carbons (Fsp3) is 0.250. The molecular formula is C8H8Br2O. The Balaban J connectivity index is 2.93. The van der Waals surface area contributed by atoms with Gasteiger partial charge in [-0.05, 0) is 31.9 Å². The number of halogens is 2. The fourth-order valence-electron chi connectivity index (χ4n) is 0.750. The van der Waals surface area contributed by atoms with Crippen molar-refractivity contribution >= 4 is 31.9 Å². The number of benzene rings is 1. The lowest BCUT2D eigenvalue weighted by Crippen LogP contribution is -2.10. The van der Waals surface area contributed by atoms with Gasteiger partial charge in [0.1, 0.15) is 0 Å². The summed E-state index contributed by atoms with van der Waals surface area (Å²) in [5.74, 6) is 0. The SMILES string of the molecule is COC(Br)(Br)c1ccccc1. The normalized spacial score (nSPS) is 11.5. The summed E-state index contributed by atoms with van der Waals surface area (Å²) in [6.45, 7) is 0. The van der Waals surface area contributed by atoms with Crippen molar-refractivity contribution < 1.29 is 4.74 Å². The van der Waals surface area contributed by atoms with Crippen molar-refractivity contribution in [1.29, 1.82) is 0 Å². The first-order valence-electron chi connectivity index (χ1n) is 3.15. The molecule has 0 saturated heterocycles. The van der Waals surface area contributed by atoms with E-state index >= 15 is 0 Å². The van der Waals surface area contributed by atoms with Gasteiger partial charge in [0.25, 0.3) is 0 Å². The van der Waals surface area contributed by atoms with Gasteiger partial charge in [-0.25, -0.2) is 0 Å². The van der Waals surface area contributed by atoms with Crippen molar-refractivity contribution in [3.63, 3.8) is 0 Å². The highest BCUT2D eigenvalue weighted by Crippen LogP contribution is 2.38. The zero-order valence-corrected chi connectivity index (χ0v) is 9.22. The van der Waals surface area contributed by atoms with Gasteiger partial charge in [-0.2, -0.15) is 0 Å². The van der Waals surface area contributed by atoms with Crippen LogP contribution in [-0.2, 0) is 8.16 Å². The molecule has 0 amide bonds. The number of alkyl halides is 2. The molecule has 0 atom stereocenters. The van der Waals surface area contributed by atoms with Gasteiger partial charge in [0, 0.05) is 12.7 Å². The lowest BCUT2D eigenvalue weighted by molar-refractivity contribution is 0.158. The Kier molecular flexibility index (Phi) is 3.10. The maximum Gasteiger partial charge on any atom is 0.203 e. The van der Waals surface area contributed by atoms with Crippen molar-refractivity contribution in [2.75, 3.05) is 7.11 Å². The van der Waals surface area contributed by atoms with E-state index in [1.807, 2.05) is 30.3 Å². The number of rotatable bonds is 2. The monoisotopic (exact) mass is 278 g/mol. The molecule has 1 aromatic rings. The van der Waals surface area contributed by atoms with Crippen molar-refractivity contribution in [3.05, 3.63) is 35.9 Å². The molecule has 0 aliphatic carbocycles. The second kappa shape index (κ2) is 3.70. The van der Waals surface area contributed by atoms with Crippen LogP contribution >= 0.6 is 31.9 Å². The molecule has 0 radical (unpaired) electrons. The summed E-state index contributed by atoms with van der Waals surface area (Å²) in [7, 11) is 1.64. The van der Waals surface area contributed by atoms with Gasteiger partial charge < -0.3 is 4.74 Å². The minimum absolute atomic E-state index is 0.540. The molecule has 0 saturated carbocycles. The molecule has 0 unspecified atom stereocenters. The number of ether oxygens (including phenoxy) is 1. The molecule has 0 aliphatic rings. The Bertz CT molecular complexity index is 221. The minimum Gasteiger partial charge on any atom is -0.353 e. The molecule has 0 fully saturated rings. The highest BCUT2D eigenvalue weighted by Gasteiger charge is 2.23. The van der Waals surface area contributed by atoms with E-state index in [2.05, 4.69) is 31.9 Å². The summed E-state index contributed by atoms with van der Waals surface area (Å²) < 4.78 is 4.62. The molecule has 0 aliphatic heterocycles. The molecule has 60 valence electrons. The van der Waals surface area contributed by atoms with Gasteiger partial charge in [0.2, 0.25) is 3.42 Å². The summed E-state index contributed by atoms with van der Waals surface area (Å²) in [5.41, 5.74) is 1.04. The molecule has 0 N–H and O–H groups in total. The first-order valence-corrected chi connectivity index (χ1v) is 4.74. The molecule has 0 spiro atoms. The van der Waals surface area contributed by atoms with E-state index in [0.29, 0.717) is 0 Å². The summed E-state index contributed by atoms with van der Waals surface area (Å²) >= 11 is 6.77. The summed E-state index contributed by atoms with van der Waals surface area (Å²) in [6.07, 6.45) is 0. The average molecular weight is 280 g/mol. The number of hydrogen-bond donors (Lipinski definition) is 0. The van der Waals surface area contributed by atoms with Crippen LogP contribution in [-0.4, -0.2) is 7.11 Å². The standard InChI is InChI=1S/C8H8Br2O/c1-11-8(9,10)7-5-3-2-4-6-7/h2-6H,1H3. The maximum atomic E-state index is 5.16. The topological polar surface area (TPSA) is 9.23 Å². The van der Waals surface area contributed by atoms with Crippen LogP contribution in [0.3, 0.4) is 0 Å². The van der Waals surface area contributed by atoms with Crippen LogP contribution in [0.1, 0.15) is 5.56 Å². The predicted octanol–water partition coefficient (Wildman–Crippen LogP) is 3.23. The van der Waals surface area contributed by atoms with Gasteiger partial charge in [-0.1, -0.05) is 30.3 Å². The molecule has 1 aromatic carbocycles. The van der Waals surface area contributed by atoms with Gasteiger partial charge in [0.15, 0.2) is 0 Å². The highest BCUT2D eigenvalue weighted by atomic mass is 79.9. The molecule has 0 bridgehead atoms. The third-order valence-corrected chi connectivity index (χ3v) is 2.93. The van der Waals surface area contributed by atoms with Crippen LogP contribution in [0.4, 0.5) is 0 Å². The van der Waals surface area contributed by atoms with E-state index < -0.39 is 3.42 Å². The van der Waals surface area contributed by atoms with E-state index in [1.54, 1.807) is 7.11 Å².